The SMILES string of the molecule is COc1csc(C(=O)N2CCCC(CCN)C2)c1.Cl. The Balaban J connectivity index is 0.00000180. The topological polar surface area (TPSA) is 55.6 Å². The van der Waals surface area contributed by atoms with E-state index in [1.165, 1.54) is 17.8 Å². The fourth-order valence-corrected chi connectivity index (χ4v) is 3.24. The summed E-state index contributed by atoms with van der Waals surface area (Å²) in [6.07, 6.45) is 3.28. The minimum absolute atomic E-state index is 0. The summed E-state index contributed by atoms with van der Waals surface area (Å²) in [7, 11) is 1.62. The average Bonchev–Trinajstić information content (AvgIpc) is 2.87. The summed E-state index contributed by atoms with van der Waals surface area (Å²) < 4.78 is 5.12. The van der Waals surface area contributed by atoms with Crippen molar-refractivity contribution in [2.75, 3.05) is 26.7 Å². The van der Waals surface area contributed by atoms with Crippen LogP contribution in [0.2, 0.25) is 0 Å². The molecule has 1 saturated heterocycles. The number of likely N-dealkylation sites (tertiary alicyclic amines) is 1. The van der Waals surface area contributed by atoms with Gasteiger partial charge in [0.1, 0.15) is 5.75 Å². The van der Waals surface area contributed by atoms with Crippen molar-refractivity contribution in [1.29, 1.82) is 0 Å². The molecule has 1 aromatic rings. The van der Waals surface area contributed by atoms with Gasteiger partial charge in [0, 0.05) is 24.5 Å². The highest BCUT2D eigenvalue weighted by molar-refractivity contribution is 7.12. The molecule has 4 nitrogen and oxygen atoms in total. The van der Waals surface area contributed by atoms with Gasteiger partial charge in [0.2, 0.25) is 0 Å². The van der Waals surface area contributed by atoms with Crippen LogP contribution in [0.25, 0.3) is 0 Å². The Kier molecular flexibility index (Phi) is 6.62. The third kappa shape index (κ3) is 4.09. The van der Waals surface area contributed by atoms with Crippen molar-refractivity contribution in [2.45, 2.75) is 19.3 Å². The Morgan fingerprint density at radius 1 is 1.63 bits per heavy atom. The van der Waals surface area contributed by atoms with Crippen LogP contribution < -0.4 is 10.5 Å². The molecule has 0 radical (unpaired) electrons. The first-order chi connectivity index (χ1) is 8.74. The largest absolute Gasteiger partial charge is 0.496 e. The van der Waals surface area contributed by atoms with Crippen molar-refractivity contribution in [1.82, 2.24) is 4.90 Å². The summed E-state index contributed by atoms with van der Waals surface area (Å²) in [5, 5.41) is 1.87. The molecule has 1 aliphatic rings. The lowest BCUT2D eigenvalue weighted by Crippen LogP contribution is -2.40. The number of nitrogens with zero attached hydrogens (tertiary/aromatic N) is 1. The van der Waals surface area contributed by atoms with Crippen LogP contribution in [0.15, 0.2) is 11.4 Å². The van der Waals surface area contributed by atoms with Crippen molar-refractivity contribution < 1.29 is 9.53 Å². The third-order valence-corrected chi connectivity index (χ3v) is 4.30. The number of ether oxygens (including phenoxy) is 1. The number of piperidine rings is 1. The predicted molar refractivity (Wildman–Crippen MR) is 80.4 cm³/mol. The lowest BCUT2D eigenvalue weighted by Gasteiger charge is -2.32. The van der Waals surface area contributed by atoms with Gasteiger partial charge in [0.05, 0.1) is 12.0 Å². The van der Waals surface area contributed by atoms with Crippen LogP contribution in [0.4, 0.5) is 0 Å². The molecule has 0 aromatic carbocycles. The van der Waals surface area contributed by atoms with Gasteiger partial charge in [-0.15, -0.1) is 23.7 Å². The molecule has 0 bridgehead atoms. The normalized spacial score (nSPS) is 18.8. The monoisotopic (exact) mass is 304 g/mol. The van der Waals surface area contributed by atoms with Gasteiger partial charge in [0.15, 0.2) is 0 Å². The van der Waals surface area contributed by atoms with E-state index in [0.717, 1.165) is 36.6 Å². The summed E-state index contributed by atoms with van der Waals surface area (Å²) in [5.74, 6) is 1.46. The van der Waals surface area contributed by atoms with Crippen LogP contribution in [0.5, 0.6) is 5.75 Å². The summed E-state index contributed by atoms with van der Waals surface area (Å²) in [4.78, 5) is 15.0. The van der Waals surface area contributed by atoms with Crippen LogP contribution in [0, 0.1) is 5.92 Å². The molecule has 2 N–H and O–H groups in total. The number of nitrogens with two attached hydrogens (primary N) is 1. The highest BCUT2D eigenvalue weighted by Crippen LogP contribution is 2.25. The van der Waals surface area contributed by atoms with Gasteiger partial charge >= 0.3 is 0 Å². The van der Waals surface area contributed by atoms with Crippen molar-refractivity contribution in [3.8, 4) is 5.75 Å². The zero-order valence-corrected chi connectivity index (χ0v) is 12.8. The first-order valence-electron chi connectivity index (χ1n) is 6.36. The smallest absolute Gasteiger partial charge is 0.264 e. The summed E-state index contributed by atoms with van der Waals surface area (Å²) in [6, 6.07) is 1.82. The van der Waals surface area contributed by atoms with E-state index in [-0.39, 0.29) is 18.3 Å². The molecule has 0 spiro atoms. The van der Waals surface area contributed by atoms with E-state index in [9.17, 15) is 4.79 Å². The molecule has 6 heteroatoms. The fourth-order valence-electron chi connectivity index (χ4n) is 2.41. The standard InChI is InChI=1S/C13H20N2O2S.ClH/c1-17-11-7-12(18-9-11)13(16)15-6-2-3-10(8-15)4-5-14;/h7,9-10H,2-6,8,14H2,1H3;1H. The lowest BCUT2D eigenvalue weighted by molar-refractivity contribution is 0.0674. The van der Waals surface area contributed by atoms with Gasteiger partial charge in [0.25, 0.3) is 5.91 Å². The number of thiophene rings is 1. The lowest BCUT2D eigenvalue weighted by atomic mass is 9.95. The molecule has 108 valence electrons. The van der Waals surface area contributed by atoms with Crippen LogP contribution in [-0.4, -0.2) is 37.6 Å². The maximum absolute atomic E-state index is 12.3. The quantitative estimate of drug-likeness (QED) is 0.929. The molecule has 1 aliphatic heterocycles. The van der Waals surface area contributed by atoms with Crippen LogP contribution in [0.3, 0.4) is 0 Å². The van der Waals surface area contributed by atoms with E-state index in [0.29, 0.717) is 12.5 Å². The van der Waals surface area contributed by atoms with E-state index in [4.69, 9.17) is 10.5 Å². The molecule has 2 rings (SSSR count). The first kappa shape index (κ1) is 16.3. The predicted octanol–water partition coefficient (Wildman–Crippen LogP) is 2.38. The number of methoxy groups -OCH3 is 1. The molecular weight excluding hydrogens is 284 g/mol. The van der Waals surface area contributed by atoms with Crippen molar-refractivity contribution in [3.05, 3.63) is 16.3 Å². The summed E-state index contributed by atoms with van der Waals surface area (Å²) in [5.41, 5.74) is 5.60. The van der Waals surface area contributed by atoms with E-state index in [1.807, 2.05) is 16.3 Å². The number of carbonyl (C=O) groups is 1. The van der Waals surface area contributed by atoms with E-state index >= 15 is 0 Å². The Morgan fingerprint density at radius 3 is 3.05 bits per heavy atom. The first-order valence-corrected chi connectivity index (χ1v) is 7.24. The van der Waals surface area contributed by atoms with Crippen molar-refractivity contribution in [2.24, 2.45) is 11.7 Å². The molecule has 1 atom stereocenters. The van der Waals surface area contributed by atoms with Crippen LogP contribution in [-0.2, 0) is 0 Å². The number of hydrogen-bond acceptors (Lipinski definition) is 4. The molecule has 1 aromatic heterocycles. The average molecular weight is 305 g/mol. The second-order valence-corrected chi connectivity index (χ2v) is 5.60. The number of hydrogen-bond donors (Lipinski definition) is 1. The maximum atomic E-state index is 12.3. The number of halogens is 1. The summed E-state index contributed by atoms with van der Waals surface area (Å²) in [6.45, 7) is 2.41. The van der Waals surface area contributed by atoms with Gasteiger partial charge in [-0.3, -0.25) is 4.79 Å². The van der Waals surface area contributed by atoms with Gasteiger partial charge in [-0.05, 0) is 31.7 Å². The van der Waals surface area contributed by atoms with Gasteiger partial charge in [-0.1, -0.05) is 0 Å². The number of carbonyl (C=O) groups excluding carboxylic acids is 1. The zero-order chi connectivity index (χ0) is 13.0. The minimum atomic E-state index is 0. The van der Waals surface area contributed by atoms with E-state index in [2.05, 4.69) is 0 Å². The summed E-state index contributed by atoms with van der Waals surface area (Å²) >= 11 is 1.45. The van der Waals surface area contributed by atoms with E-state index in [1.54, 1.807) is 7.11 Å². The molecule has 1 amide bonds. The second kappa shape index (κ2) is 7.72. The second-order valence-electron chi connectivity index (χ2n) is 4.69. The molecule has 1 unspecified atom stereocenters. The van der Waals surface area contributed by atoms with Crippen molar-refractivity contribution >= 4 is 29.7 Å². The maximum Gasteiger partial charge on any atom is 0.264 e. The highest BCUT2D eigenvalue weighted by atomic mass is 35.5. The molecular formula is C13H21ClN2O2S. The molecule has 19 heavy (non-hydrogen) atoms. The van der Waals surface area contributed by atoms with Gasteiger partial charge in [-0.2, -0.15) is 0 Å². The highest BCUT2D eigenvalue weighted by Gasteiger charge is 2.24. The minimum Gasteiger partial charge on any atom is -0.496 e. The Labute approximate surface area is 124 Å². The molecule has 2 heterocycles. The fraction of sp³-hybridized carbons (Fsp3) is 0.615. The Bertz CT molecular complexity index is 409. The Hall–Kier alpha value is -0.780. The molecule has 0 aliphatic carbocycles. The van der Waals surface area contributed by atoms with Crippen LogP contribution >= 0.6 is 23.7 Å². The number of rotatable bonds is 4. The van der Waals surface area contributed by atoms with E-state index < -0.39 is 0 Å². The third-order valence-electron chi connectivity index (χ3n) is 3.40. The number of amides is 1. The van der Waals surface area contributed by atoms with Crippen molar-refractivity contribution in [3.63, 3.8) is 0 Å². The molecule has 1 fully saturated rings. The van der Waals surface area contributed by atoms with Crippen LogP contribution in [0.1, 0.15) is 28.9 Å². The molecule has 0 saturated carbocycles. The van der Waals surface area contributed by atoms with Gasteiger partial charge in [-0.25, -0.2) is 0 Å². The Morgan fingerprint density at radius 2 is 2.42 bits per heavy atom. The zero-order valence-electron chi connectivity index (χ0n) is 11.1. The van der Waals surface area contributed by atoms with Gasteiger partial charge < -0.3 is 15.4 Å².